The van der Waals surface area contributed by atoms with E-state index in [-0.39, 0.29) is 29.9 Å². The average Bonchev–Trinajstić information content (AvgIpc) is 2.92. The fraction of sp³-hybridized carbons (Fsp3) is 0.464. The predicted molar refractivity (Wildman–Crippen MR) is 137 cm³/mol. The summed E-state index contributed by atoms with van der Waals surface area (Å²) in [4.78, 5) is 29.5. The number of nitrogens with one attached hydrogen (secondary N) is 1. The zero-order valence-electron chi connectivity index (χ0n) is 21.5. The van der Waals surface area contributed by atoms with Crippen LogP contribution in [0.15, 0.2) is 41.4 Å². The summed E-state index contributed by atoms with van der Waals surface area (Å²) >= 11 is 0. The topological polar surface area (TPSA) is 98.7 Å². The fourth-order valence-corrected chi connectivity index (χ4v) is 5.48. The predicted octanol–water partition coefficient (Wildman–Crippen LogP) is 3.10. The van der Waals surface area contributed by atoms with E-state index in [2.05, 4.69) is 5.43 Å². The maximum Gasteiger partial charge on any atom is 0.302 e. The van der Waals surface area contributed by atoms with Crippen molar-refractivity contribution in [3.63, 3.8) is 0 Å². The minimum absolute atomic E-state index is 0.0664. The average molecular weight is 508 g/mol. The molecule has 1 aliphatic carbocycles. The van der Waals surface area contributed by atoms with Gasteiger partial charge in [0.25, 0.3) is 5.91 Å². The molecule has 1 saturated carbocycles. The largest absolute Gasteiger partial charge is 0.493 e. The molecule has 1 amide bonds. The van der Waals surface area contributed by atoms with Gasteiger partial charge in [-0.15, -0.1) is 0 Å². The number of benzene rings is 2. The molecule has 2 heterocycles. The second-order valence-corrected chi connectivity index (χ2v) is 9.61. The zero-order chi connectivity index (χ0) is 25.9. The van der Waals surface area contributed by atoms with Gasteiger partial charge >= 0.3 is 5.97 Å². The highest BCUT2D eigenvalue weighted by atomic mass is 16.5. The zero-order valence-corrected chi connectivity index (χ0v) is 21.5. The monoisotopic (exact) mass is 507 g/mol. The van der Waals surface area contributed by atoms with Gasteiger partial charge in [0.15, 0.2) is 11.5 Å². The van der Waals surface area contributed by atoms with Gasteiger partial charge in [-0.1, -0.05) is 12.1 Å². The van der Waals surface area contributed by atoms with Gasteiger partial charge in [-0.25, -0.2) is 5.01 Å². The second-order valence-electron chi connectivity index (χ2n) is 9.61. The second kappa shape index (κ2) is 10.9. The summed E-state index contributed by atoms with van der Waals surface area (Å²) in [7, 11) is 3.24. The Morgan fingerprint density at radius 2 is 1.73 bits per heavy atom. The maximum absolute atomic E-state index is 12.8. The van der Waals surface area contributed by atoms with Crippen molar-refractivity contribution in [2.75, 3.05) is 40.5 Å². The number of carbonyl (C=O) groups is 2. The van der Waals surface area contributed by atoms with Crippen LogP contribution in [-0.4, -0.2) is 75.3 Å². The molecule has 0 aromatic heterocycles. The van der Waals surface area contributed by atoms with Gasteiger partial charge in [-0.05, 0) is 49.1 Å². The number of amides is 1. The van der Waals surface area contributed by atoms with E-state index in [1.807, 2.05) is 41.4 Å². The van der Waals surface area contributed by atoms with Gasteiger partial charge in [0.2, 0.25) is 0 Å². The van der Waals surface area contributed by atoms with Crippen LogP contribution in [0.1, 0.15) is 59.2 Å². The molecule has 2 aromatic rings. The fourth-order valence-electron chi connectivity index (χ4n) is 5.48. The summed E-state index contributed by atoms with van der Waals surface area (Å²) in [6.45, 7) is 4.01. The molecule has 196 valence electrons. The number of carbonyl (C=O) groups excluding carboxylic acids is 2. The van der Waals surface area contributed by atoms with Crippen LogP contribution >= 0.6 is 0 Å². The minimum atomic E-state index is -0.256. The van der Waals surface area contributed by atoms with Crippen LogP contribution in [0.2, 0.25) is 0 Å². The summed E-state index contributed by atoms with van der Waals surface area (Å²) in [6, 6.07) is 11.6. The molecule has 1 N–H and O–H groups in total. The van der Waals surface area contributed by atoms with E-state index in [1.54, 1.807) is 14.2 Å². The van der Waals surface area contributed by atoms with E-state index < -0.39 is 0 Å². The van der Waals surface area contributed by atoms with Crippen LogP contribution in [0.5, 0.6) is 11.5 Å². The summed E-state index contributed by atoms with van der Waals surface area (Å²) in [6.07, 6.45) is 2.19. The first-order valence-corrected chi connectivity index (χ1v) is 12.7. The van der Waals surface area contributed by atoms with Crippen molar-refractivity contribution in [1.29, 1.82) is 0 Å². The molecule has 3 aliphatic rings. The lowest BCUT2D eigenvalue weighted by Crippen LogP contribution is -2.48. The van der Waals surface area contributed by atoms with Crippen LogP contribution in [0.4, 0.5) is 0 Å². The summed E-state index contributed by atoms with van der Waals surface area (Å²) in [5.41, 5.74) is 7.40. The molecule has 3 unspecified atom stereocenters. The molecule has 0 bridgehead atoms. The summed E-state index contributed by atoms with van der Waals surface area (Å²) in [5.74, 6) is 0.992. The first-order chi connectivity index (χ1) is 18.0. The maximum atomic E-state index is 12.8. The molecule has 0 radical (unpaired) electrons. The lowest BCUT2D eigenvalue weighted by atomic mass is 9.74. The Hall–Kier alpha value is -3.43. The number of ether oxygens (including phenoxy) is 4. The van der Waals surface area contributed by atoms with Crippen LogP contribution in [0, 0.1) is 0 Å². The lowest BCUT2D eigenvalue weighted by Gasteiger charge is -2.38. The molecule has 2 fully saturated rings. The van der Waals surface area contributed by atoms with E-state index in [4.69, 9.17) is 23.9 Å². The van der Waals surface area contributed by atoms with Gasteiger partial charge in [0.05, 0.1) is 39.2 Å². The number of nitrogens with zero attached hydrogens (tertiary/aromatic N) is 2. The van der Waals surface area contributed by atoms with Gasteiger partial charge < -0.3 is 18.9 Å². The lowest BCUT2D eigenvalue weighted by molar-refractivity contribution is -0.148. The number of morpholine rings is 1. The molecule has 2 aliphatic heterocycles. The van der Waals surface area contributed by atoms with Crippen LogP contribution in [0.3, 0.4) is 0 Å². The first kappa shape index (κ1) is 25.2. The van der Waals surface area contributed by atoms with E-state index >= 15 is 0 Å². The standard InChI is InChI=1S/C28H33N3O6/c1-17(32)37-20-8-9-24-22(14-20)21-15-25(34-2)26(35-3)16-23(21)27(29-24)18-4-6-19(7-5-18)28(33)30-31-10-12-36-13-11-31/h4-7,15-16,20,22,24H,8-14H2,1-3H3,(H,30,33). The van der Waals surface area contributed by atoms with Crippen molar-refractivity contribution in [3.8, 4) is 11.5 Å². The van der Waals surface area contributed by atoms with Gasteiger partial charge in [-0.2, -0.15) is 0 Å². The van der Waals surface area contributed by atoms with E-state index in [0.29, 0.717) is 49.8 Å². The highest BCUT2D eigenvalue weighted by Gasteiger charge is 2.38. The minimum Gasteiger partial charge on any atom is -0.493 e. The number of rotatable bonds is 6. The number of hydrogen-bond donors (Lipinski definition) is 1. The molecule has 37 heavy (non-hydrogen) atoms. The Labute approximate surface area is 216 Å². The summed E-state index contributed by atoms with van der Waals surface area (Å²) < 4.78 is 22.1. The van der Waals surface area contributed by atoms with Crippen LogP contribution < -0.4 is 14.9 Å². The Balaban J connectivity index is 1.45. The van der Waals surface area contributed by atoms with Gasteiger partial charge in [-0.3, -0.25) is 20.0 Å². The SMILES string of the molecule is COc1cc2c(cc1OC)C1CC(OC(C)=O)CCC1N=C2c1ccc(C(=O)NN2CCOCC2)cc1. The number of fused-ring (bicyclic) bond motifs is 3. The highest BCUT2D eigenvalue weighted by Crippen LogP contribution is 2.45. The number of hydrogen-bond acceptors (Lipinski definition) is 8. The summed E-state index contributed by atoms with van der Waals surface area (Å²) in [5, 5.41) is 1.88. The van der Waals surface area contributed by atoms with Crippen molar-refractivity contribution in [3.05, 3.63) is 58.7 Å². The van der Waals surface area contributed by atoms with Crippen molar-refractivity contribution < 1.29 is 28.5 Å². The van der Waals surface area contributed by atoms with Crippen molar-refractivity contribution >= 4 is 17.6 Å². The van der Waals surface area contributed by atoms with Crippen molar-refractivity contribution in [2.45, 2.75) is 44.2 Å². The van der Waals surface area contributed by atoms with Crippen molar-refractivity contribution in [2.24, 2.45) is 4.99 Å². The number of hydrazine groups is 1. The third kappa shape index (κ3) is 5.33. The Bertz CT molecular complexity index is 1190. The molecule has 0 spiro atoms. The first-order valence-electron chi connectivity index (χ1n) is 12.7. The number of aliphatic imine (C=N–C) groups is 1. The van der Waals surface area contributed by atoms with Crippen LogP contribution in [0.25, 0.3) is 0 Å². The quantitative estimate of drug-likeness (QED) is 0.600. The molecule has 1 saturated heterocycles. The van der Waals surface area contributed by atoms with E-state index in [1.165, 1.54) is 6.92 Å². The molecule has 3 atom stereocenters. The Kier molecular flexibility index (Phi) is 7.43. The molecule has 9 nitrogen and oxygen atoms in total. The number of esters is 1. The highest BCUT2D eigenvalue weighted by molar-refractivity contribution is 6.15. The molecule has 2 aromatic carbocycles. The van der Waals surface area contributed by atoms with Crippen molar-refractivity contribution in [1.82, 2.24) is 10.4 Å². The third-order valence-corrected chi connectivity index (χ3v) is 7.29. The molecule has 9 heteroatoms. The molecular weight excluding hydrogens is 474 g/mol. The van der Waals surface area contributed by atoms with Gasteiger partial charge in [0, 0.05) is 42.6 Å². The number of methoxy groups -OCH3 is 2. The normalized spacial score (nSPS) is 23.2. The van der Waals surface area contributed by atoms with E-state index in [0.717, 1.165) is 35.2 Å². The van der Waals surface area contributed by atoms with Crippen LogP contribution in [-0.2, 0) is 14.3 Å². The third-order valence-electron chi connectivity index (χ3n) is 7.29. The smallest absolute Gasteiger partial charge is 0.302 e. The van der Waals surface area contributed by atoms with Gasteiger partial charge in [0.1, 0.15) is 6.10 Å². The Morgan fingerprint density at radius 1 is 1.03 bits per heavy atom. The van der Waals surface area contributed by atoms with E-state index in [9.17, 15) is 9.59 Å². The molecule has 5 rings (SSSR count). The Morgan fingerprint density at radius 3 is 2.41 bits per heavy atom. The molecular formula is C28H33N3O6.